The molecular weight excluding hydrogens is 323 g/mol. The minimum Gasteiger partial charge on any atom is -0.351 e. The molecular formula is C19H23FN2OS. The molecule has 0 aromatic heterocycles. The molecule has 5 heteroatoms. The van der Waals surface area contributed by atoms with Gasteiger partial charge in [-0.25, -0.2) is 4.39 Å². The molecule has 2 aromatic rings. The first kappa shape index (κ1) is 18.5. The third-order valence-electron chi connectivity index (χ3n) is 3.75. The number of nitrogens with one attached hydrogen (secondary N) is 1. The summed E-state index contributed by atoms with van der Waals surface area (Å²) in [5.74, 6) is -0.313. The second-order valence-corrected chi connectivity index (χ2v) is 6.76. The molecule has 0 heterocycles. The molecule has 0 aliphatic carbocycles. The standard InChI is InChI=1S/C19H23FN2OS/c1-14-4-5-16(10-18(14)20)11-21-19(23)13-22(2)12-15-6-8-17(24-3)9-7-15/h4-10H,11-13H2,1-3H3,(H,21,23). The fourth-order valence-corrected chi connectivity index (χ4v) is 2.75. The zero-order valence-corrected chi connectivity index (χ0v) is 15.1. The van der Waals surface area contributed by atoms with Gasteiger partial charge in [-0.3, -0.25) is 9.69 Å². The molecule has 0 aliphatic heterocycles. The zero-order chi connectivity index (χ0) is 17.5. The number of hydrogen-bond acceptors (Lipinski definition) is 3. The zero-order valence-electron chi connectivity index (χ0n) is 14.3. The van der Waals surface area contributed by atoms with Crippen LogP contribution in [0.3, 0.4) is 0 Å². The molecule has 1 N–H and O–H groups in total. The summed E-state index contributed by atoms with van der Waals surface area (Å²) in [6, 6.07) is 13.3. The van der Waals surface area contributed by atoms with Gasteiger partial charge in [-0.2, -0.15) is 0 Å². The number of nitrogens with zero attached hydrogens (tertiary/aromatic N) is 1. The number of benzene rings is 2. The predicted molar refractivity (Wildman–Crippen MR) is 97.5 cm³/mol. The minimum atomic E-state index is -0.243. The van der Waals surface area contributed by atoms with E-state index in [0.29, 0.717) is 25.2 Å². The van der Waals surface area contributed by atoms with Crippen LogP contribution in [0.2, 0.25) is 0 Å². The Kier molecular flexibility index (Phi) is 6.82. The van der Waals surface area contributed by atoms with Gasteiger partial charge in [0.2, 0.25) is 5.91 Å². The van der Waals surface area contributed by atoms with Crippen molar-refractivity contribution in [2.24, 2.45) is 0 Å². The van der Waals surface area contributed by atoms with Crippen molar-refractivity contribution in [2.45, 2.75) is 24.9 Å². The Morgan fingerprint density at radius 3 is 2.46 bits per heavy atom. The summed E-state index contributed by atoms with van der Waals surface area (Å²) < 4.78 is 13.5. The van der Waals surface area contributed by atoms with Crippen LogP contribution in [0.1, 0.15) is 16.7 Å². The lowest BCUT2D eigenvalue weighted by Gasteiger charge is -2.16. The summed E-state index contributed by atoms with van der Waals surface area (Å²) >= 11 is 1.71. The number of aryl methyl sites for hydroxylation is 1. The lowest BCUT2D eigenvalue weighted by molar-refractivity contribution is -0.122. The van der Waals surface area contributed by atoms with Gasteiger partial charge in [0.1, 0.15) is 5.82 Å². The van der Waals surface area contributed by atoms with Crippen LogP contribution in [-0.4, -0.2) is 30.7 Å². The lowest BCUT2D eigenvalue weighted by atomic mass is 10.1. The SMILES string of the molecule is CSc1ccc(CN(C)CC(=O)NCc2ccc(C)c(F)c2)cc1. The minimum absolute atomic E-state index is 0.0702. The molecule has 24 heavy (non-hydrogen) atoms. The van der Waals surface area contributed by atoms with Crippen molar-refractivity contribution in [2.75, 3.05) is 19.8 Å². The molecule has 0 radical (unpaired) electrons. The summed E-state index contributed by atoms with van der Waals surface area (Å²) in [7, 11) is 1.91. The molecule has 2 aromatic carbocycles. The van der Waals surface area contributed by atoms with E-state index in [0.717, 1.165) is 5.56 Å². The van der Waals surface area contributed by atoms with Crippen molar-refractivity contribution < 1.29 is 9.18 Å². The van der Waals surface area contributed by atoms with E-state index in [1.54, 1.807) is 24.8 Å². The number of amides is 1. The van der Waals surface area contributed by atoms with Crippen LogP contribution in [0.15, 0.2) is 47.4 Å². The monoisotopic (exact) mass is 346 g/mol. The molecule has 0 spiro atoms. The maximum atomic E-state index is 13.5. The van der Waals surface area contributed by atoms with Crippen LogP contribution < -0.4 is 5.32 Å². The quantitative estimate of drug-likeness (QED) is 0.778. The number of rotatable bonds is 7. The van der Waals surface area contributed by atoms with Gasteiger partial charge in [-0.05, 0) is 55.1 Å². The number of thioether (sulfide) groups is 1. The highest BCUT2D eigenvalue weighted by Crippen LogP contribution is 2.15. The largest absolute Gasteiger partial charge is 0.351 e. The maximum absolute atomic E-state index is 13.5. The van der Waals surface area contributed by atoms with E-state index in [2.05, 4.69) is 29.6 Å². The third-order valence-corrected chi connectivity index (χ3v) is 4.49. The first-order valence-corrected chi connectivity index (χ1v) is 9.03. The topological polar surface area (TPSA) is 32.3 Å². The van der Waals surface area contributed by atoms with E-state index >= 15 is 0 Å². The fraction of sp³-hybridized carbons (Fsp3) is 0.316. The number of hydrogen-bond donors (Lipinski definition) is 1. The number of carbonyl (C=O) groups excluding carboxylic acids is 1. The average molecular weight is 346 g/mol. The van der Waals surface area contributed by atoms with Gasteiger partial charge in [-0.15, -0.1) is 11.8 Å². The second-order valence-electron chi connectivity index (χ2n) is 5.88. The summed E-state index contributed by atoms with van der Waals surface area (Å²) in [4.78, 5) is 15.2. The third kappa shape index (κ3) is 5.65. The fourth-order valence-electron chi connectivity index (χ4n) is 2.35. The van der Waals surface area contributed by atoms with Gasteiger partial charge >= 0.3 is 0 Å². The lowest BCUT2D eigenvalue weighted by Crippen LogP contribution is -2.34. The molecule has 0 saturated heterocycles. The van der Waals surface area contributed by atoms with Crippen molar-refractivity contribution in [1.82, 2.24) is 10.2 Å². The highest BCUT2D eigenvalue weighted by atomic mass is 32.2. The molecule has 0 atom stereocenters. The molecule has 128 valence electrons. The van der Waals surface area contributed by atoms with Crippen LogP contribution in [0.25, 0.3) is 0 Å². The Bertz CT molecular complexity index is 688. The van der Waals surface area contributed by atoms with Crippen molar-refractivity contribution in [1.29, 1.82) is 0 Å². The Morgan fingerprint density at radius 2 is 1.83 bits per heavy atom. The summed E-state index contributed by atoms with van der Waals surface area (Å²) in [5.41, 5.74) is 2.54. The van der Waals surface area contributed by atoms with E-state index < -0.39 is 0 Å². The van der Waals surface area contributed by atoms with E-state index in [4.69, 9.17) is 0 Å². The van der Waals surface area contributed by atoms with Gasteiger partial charge in [0.15, 0.2) is 0 Å². The van der Waals surface area contributed by atoms with Gasteiger partial charge in [0, 0.05) is 18.0 Å². The molecule has 3 nitrogen and oxygen atoms in total. The smallest absolute Gasteiger partial charge is 0.234 e. The molecule has 1 amide bonds. The van der Waals surface area contributed by atoms with Crippen molar-refractivity contribution in [3.05, 3.63) is 65.0 Å². The van der Waals surface area contributed by atoms with Gasteiger partial charge < -0.3 is 5.32 Å². The van der Waals surface area contributed by atoms with Crippen molar-refractivity contribution >= 4 is 17.7 Å². The molecule has 0 bridgehead atoms. The Balaban J connectivity index is 1.79. The predicted octanol–water partition coefficient (Wildman–Crippen LogP) is 3.60. The normalized spacial score (nSPS) is 10.9. The van der Waals surface area contributed by atoms with E-state index in [9.17, 15) is 9.18 Å². The molecule has 0 fully saturated rings. The highest BCUT2D eigenvalue weighted by Gasteiger charge is 2.08. The molecule has 2 rings (SSSR count). The van der Waals surface area contributed by atoms with Crippen molar-refractivity contribution in [3.8, 4) is 0 Å². The van der Waals surface area contributed by atoms with Crippen LogP contribution in [-0.2, 0) is 17.9 Å². The second kappa shape index (κ2) is 8.85. The highest BCUT2D eigenvalue weighted by molar-refractivity contribution is 7.98. The number of halogens is 1. The van der Waals surface area contributed by atoms with Crippen molar-refractivity contribution in [3.63, 3.8) is 0 Å². The number of carbonyl (C=O) groups is 1. The van der Waals surface area contributed by atoms with Crippen LogP contribution in [0.5, 0.6) is 0 Å². The maximum Gasteiger partial charge on any atom is 0.234 e. The summed E-state index contributed by atoms with van der Waals surface area (Å²) in [6.45, 7) is 3.07. The van der Waals surface area contributed by atoms with E-state index in [-0.39, 0.29) is 11.7 Å². The van der Waals surface area contributed by atoms with Gasteiger partial charge in [0.25, 0.3) is 0 Å². The Labute approximate surface area is 147 Å². The first-order valence-electron chi connectivity index (χ1n) is 7.81. The molecule has 0 unspecified atom stereocenters. The van der Waals surface area contributed by atoms with Crippen LogP contribution in [0, 0.1) is 12.7 Å². The first-order chi connectivity index (χ1) is 11.5. The van der Waals surface area contributed by atoms with Crippen LogP contribution >= 0.6 is 11.8 Å². The summed E-state index contributed by atoms with van der Waals surface area (Å²) in [5, 5.41) is 2.83. The van der Waals surface area contributed by atoms with Crippen LogP contribution in [0.4, 0.5) is 4.39 Å². The van der Waals surface area contributed by atoms with Gasteiger partial charge in [-0.1, -0.05) is 24.3 Å². The van der Waals surface area contributed by atoms with E-state index in [1.807, 2.05) is 24.3 Å². The average Bonchev–Trinajstić information content (AvgIpc) is 2.56. The van der Waals surface area contributed by atoms with Gasteiger partial charge in [0.05, 0.1) is 6.54 Å². The van der Waals surface area contributed by atoms with E-state index in [1.165, 1.54) is 16.5 Å². The summed E-state index contributed by atoms with van der Waals surface area (Å²) in [6.07, 6.45) is 2.05. The Morgan fingerprint density at radius 1 is 1.17 bits per heavy atom. The molecule has 0 aliphatic rings. The Hall–Kier alpha value is -1.85. The number of likely N-dealkylation sites (N-methyl/N-ethyl adjacent to an activating group) is 1. The molecule has 0 saturated carbocycles.